The van der Waals surface area contributed by atoms with Crippen molar-refractivity contribution in [3.63, 3.8) is 0 Å². The molecule has 29 heavy (non-hydrogen) atoms. The number of esters is 1. The number of ether oxygens (including phenoxy) is 1. The lowest BCUT2D eigenvalue weighted by molar-refractivity contribution is -0.148. The Kier molecular flexibility index (Phi) is 5.15. The topological polar surface area (TPSA) is 74.1 Å². The normalized spacial score (nSPS) is 12.4. The van der Waals surface area contributed by atoms with E-state index in [2.05, 4.69) is 9.97 Å². The molecule has 4 aromatic rings. The van der Waals surface area contributed by atoms with Crippen molar-refractivity contribution in [3.8, 4) is 0 Å². The first-order chi connectivity index (χ1) is 13.9. The minimum atomic E-state index is -0.418. The molecule has 0 aliphatic rings. The molecule has 148 valence electrons. The summed E-state index contributed by atoms with van der Waals surface area (Å²) >= 11 is 1.51. The van der Waals surface area contributed by atoms with Crippen molar-refractivity contribution in [1.82, 2.24) is 14.5 Å². The zero-order valence-corrected chi connectivity index (χ0v) is 17.3. The highest BCUT2D eigenvalue weighted by Gasteiger charge is 2.15. The first-order valence-corrected chi connectivity index (χ1v) is 10.2. The molecule has 0 bridgehead atoms. The van der Waals surface area contributed by atoms with Crippen LogP contribution in [0.15, 0.2) is 47.7 Å². The molecule has 0 aliphatic heterocycles. The van der Waals surface area contributed by atoms with Gasteiger partial charge in [-0.2, -0.15) is 0 Å². The van der Waals surface area contributed by atoms with Crippen LogP contribution in [0, 0.1) is 13.8 Å². The Hall–Kier alpha value is -3.06. The maximum atomic E-state index is 12.7. The lowest BCUT2D eigenvalue weighted by atomic mass is 10.1. The number of benzene rings is 1. The number of carbonyl (C=O) groups is 1. The summed E-state index contributed by atoms with van der Waals surface area (Å²) in [4.78, 5) is 35.6. The van der Waals surface area contributed by atoms with E-state index in [1.807, 2.05) is 51.1 Å². The van der Waals surface area contributed by atoms with E-state index in [0.717, 1.165) is 31.7 Å². The molecule has 0 spiro atoms. The smallest absolute Gasteiger partial charge is 0.308 e. The minimum absolute atomic E-state index is 0.0978. The number of nitrogens with zero attached hydrogens (tertiary/aromatic N) is 3. The van der Waals surface area contributed by atoms with E-state index in [0.29, 0.717) is 5.39 Å². The molecule has 7 heteroatoms. The first-order valence-electron chi connectivity index (χ1n) is 9.43. The van der Waals surface area contributed by atoms with Crippen LogP contribution in [0.2, 0.25) is 0 Å². The molecule has 0 saturated carbocycles. The average molecular weight is 407 g/mol. The van der Waals surface area contributed by atoms with E-state index < -0.39 is 6.10 Å². The van der Waals surface area contributed by atoms with Gasteiger partial charge >= 0.3 is 5.97 Å². The highest BCUT2D eigenvalue weighted by Crippen LogP contribution is 2.25. The zero-order valence-electron chi connectivity index (χ0n) is 16.5. The molecule has 0 radical (unpaired) electrons. The molecule has 1 unspecified atom stereocenters. The predicted octanol–water partition coefficient (Wildman–Crippen LogP) is 4.32. The number of pyridine rings is 1. The van der Waals surface area contributed by atoms with E-state index in [1.54, 1.807) is 6.20 Å². The lowest BCUT2D eigenvalue weighted by Crippen LogP contribution is -2.22. The monoisotopic (exact) mass is 407 g/mol. The number of hydrogen-bond donors (Lipinski definition) is 0. The summed E-state index contributed by atoms with van der Waals surface area (Å²) in [5, 5.41) is 1.64. The largest absolute Gasteiger partial charge is 0.458 e. The molecular weight excluding hydrogens is 386 g/mol. The average Bonchev–Trinajstić information content (AvgIpc) is 3.01. The van der Waals surface area contributed by atoms with Crippen LogP contribution in [-0.2, 0) is 16.1 Å². The number of fused-ring (bicyclic) bond motifs is 2. The Bertz CT molecular complexity index is 1280. The van der Waals surface area contributed by atoms with Crippen LogP contribution in [0.25, 0.3) is 21.1 Å². The van der Waals surface area contributed by atoms with Crippen LogP contribution in [0.4, 0.5) is 0 Å². The van der Waals surface area contributed by atoms with Gasteiger partial charge in [-0.05, 0) is 38.5 Å². The molecule has 4 rings (SSSR count). The molecule has 1 aromatic carbocycles. The van der Waals surface area contributed by atoms with Gasteiger partial charge in [0.1, 0.15) is 10.9 Å². The molecule has 3 aromatic heterocycles. The second-order valence-corrected chi connectivity index (χ2v) is 8.25. The Balaban J connectivity index is 1.44. The summed E-state index contributed by atoms with van der Waals surface area (Å²) in [7, 11) is 0. The summed E-state index contributed by atoms with van der Waals surface area (Å²) in [5.41, 5.74) is 2.57. The Morgan fingerprint density at radius 2 is 2.03 bits per heavy atom. The fourth-order valence-corrected chi connectivity index (χ4v) is 4.26. The third-order valence-electron chi connectivity index (χ3n) is 5.10. The Morgan fingerprint density at radius 3 is 2.86 bits per heavy atom. The van der Waals surface area contributed by atoms with Crippen LogP contribution >= 0.6 is 11.3 Å². The number of thiophene rings is 1. The van der Waals surface area contributed by atoms with Crippen molar-refractivity contribution in [1.29, 1.82) is 0 Å². The van der Waals surface area contributed by atoms with Crippen molar-refractivity contribution in [2.45, 2.75) is 39.8 Å². The van der Waals surface area contributed by atoms with Crippen LogP contribution in [0.1, 0.15) is 35.5 Å². The molecular formula is C22H21N3O3S. The lowest BCUT2D eigenvalue weighted by Gasteiger charge is -2.14. The Morgan fingerprint density at radius 1 is 1.24 bits per heavy atom. The molecule has 3 heterocycles. The molecule has 0 saturated heterocycles. The van der Waals surface area contributed by atoms with Crippen molar-refractivity contribution < 1.29 is 9.53 Å². The summed E-state index contributed by atoms with van der Waals surface area (Å²) < 4.78 is 7.03. The number of carbonyl (C=O) groups excluding carboxylic acids is 1. The molecule has 0 N–H and O–H groups in total. The highest BCUT2D eigenvalue weighted by atomic mass is 32.1. The van der Waals surface area contributed by atoms with Gasteiger partial charge in [0, 0.05) is 28.6 Å². The van der Waals surface area contributed by atoms with E-state index in [9.17, 15) is 9.59 Å². The van der Waals surface area contributed by atoms with Gasteiger partial charge in [-0.1, -0.05) is 18.2 Å². The van der Waals surface area contributed by atoms with Crippen LogP contribution in [0.5, 0.6) is 0 Å². The van der Waals surface area contributed by atoms with Crippen LogP contribution in [0.3, 0.4) is 0 Å². The predicted molar refractivity (Wildman–Crippen MR) is 114 cm³/mol. The summed E-state index contributed by atoms with van der Waals surface area (Å²) in [6.07, 6.45) is 2.91. The molecule has 6 nitrogen and oxygen atoms in total. The third-order valence-corrected chi connectivity index (χ3v) is 6.22. The fourth-order valence-electron chi connectivity index (χ4n) is 3.28. The van der Waals surface area contributed by atoms with Crippen molar-refractivity contribution in [2.75, 3.05) is 0 Å². The SMILES string of the molecule is Cc1sc2ncn(CCC(=O)OC(C)c3cnc4ccccc4c3)c(=O)c2c1C. The van der Waals surface area contributed by atoms with Crippen molar-refractivity contribution >= 4 is 38.4 Å². The van der Waals surface area contributed by atoms with E-state index in [1.165, 1.54) is 22.2 Å². The van der Waals surface area contributed by atoms with Gasteiger partial charge in [0.25, 0.3) is 5.56 Å². The van der Waals surface area contributed by atoms with Crippen molar-refractivity contribution in [2.24, 2.45) is 0 Å². The number of aryl methyl sites for hydroxylation is 3. The molecule has 1 atom stereocenters. The molecule has 0 fully saturated rings. The summed E-state index contributed by atoms with van der Waals surface area (Å²) in [5.74, 6) is -0.365. The van der Waals surface area contributed by atoms with E-state index >= 15 is 0 Å². The third kappa shape index (κ3) is 3.78. The van der Waals surface area contributed by atoms with Crippen LogP contribution in [-0.4, -0.2) is 20.5 Å². The molecule has 0 amide bonds. The Labute approximate surface area is 171 Å². The van der Waals surface area contributed by atoms with Gasteiger partial charge in [0.05, 0.1) is 23.7 Å². The van der Waals surface area contributed by atoms with Gasteiger partial charge in [-0.25, -0.2) is 4.98 Å². The second-order valence-electron chi connectivity index (χ2n) is 7.05. The van der Waals surface area contributed by atoms with Crippen LogP contribution < -0.4 is 5.56 Å². The molecule has 0 aliphatic carbocycles. The zero-order chi connectivity index (χ0) is 20.5. The van der Waals surface area contributed by atoms with Gasteiger partial charge in [-0.15, -0.1) is 11.3 Å². The summed E-state index contributed by atoms with van der Waals surface area (Å²) in [6, 6.07) is 9.78. The quantitative estimate of drug-likeness (QED) is 0.461. The number of para-hydroxylation sites is 1. The number of rotatable bonds is 5. The standard InChI is InChI=1S/C22H21N3O3S/c1-13-15(3)29-21-20(13)22(27)25(12-24-21)9-8-19(26)28-14(2)17-10-16-6-4-5-7-18(16)23-11-17/h4-7,10-12,14H,8-9H2,1-3H3. The summed E-state index contributed by atoms with van der Waals surface area (Å²) in [6.45, 7) is 5.96. The van der Waals surface area contributed by atoms with Gasteiger partial charge in [0.15, 0.2) is 0 Å². The van der Waals surface area contributed by atoms with Gasteiger partial charge < -0.3 is 4.74 Å². The van der Waals surface area contributed by atoms with E-state index in [-0.39, 0.29) is 24.5 Å². The van der Waals surface area contributed by atoms with E-state index in [4.69, 9.17) is 4.74 Å². The van der Waals surface area contributed by atoms with Gasteiger partial charge in [-0.3, -0.25) is 19.1 Å². The fraction of sp³-hybridized carbons (Fsp3) is 0.273. The second kappa shape index (κ2) is 7.75. The first kappa shape index (κ1) is 19.3. The van der Waals surface area contributed by atoms with Gasteiger partial charge in [0.2, 0.25) is 0 Å². The maximum absolute atomic E-state index is 12.7. The maximum Gasteiger partial charge on any atom is 0.308 e. The highest BCUT2D eigenvalue weighted by molar-refractivity contribution is 7.18. The minimum Gasteiger partial charge on any atom is -0.458 e. The van der Waals surface area contributed by atoms with Crippen molar-refractivity contribution in [3.05, 3.63) is 69.2 Å². The number of hydrogen-bond acceptors (Lipinski definition) is 6. The number of aromatic nitrogens is 3.